The number of nitrogens with one attached hydrogen (secondary N) is 1. The van der Waals surface area contributed by atoms with Crippen LogP contribution in [0.5, 0.6) is 0 Å². The van der Waals surface area contributed by atoms with Crippen LogP contribution in [0.2, 0.25) is 5.02 Å². The number of halogens is 2. The standard InChI is InChI=1S/C13H16ClFN2/c14-11-6-10(2-3-12(11)15)17-5-1-4-13(9-17)7-16-8-13/h2-3,6,16H,1,4-5,7-9H2. The summed E-state index contributed by atoms with van der Waals surface area (Å²) < 4.78 is 13.1. The molecule has 92 valence electrons. The van der Waals surface area contributed by atoms with Crippen LogP contribution in [0.15, 0.2) is 18.2 Å². The van der Waals surface area contributed by atoms with Crippen molar-refractivity contribution in [1.82, 2.24) is 5.32 Å². The molecule has 4 heteroatoms. The highest BCUT2D eigenvalue weighted by atomic mass is 35.5. The van der Waals surface area contributed by atoms with E-state index in [-0.39, 0.29) is 10.8 Å². The summed E-state index contributed by atoms with van der Waals surface area (Å²) in [7, 11) is 0. The molecule has 0 unspecified atom stereocenters. The predicted octanol–water partition coefficient (Wildman–Crippen LogP) is 2.67. The van der Waals surface area contributed by atoms with Crippen LogP contribution in [-0.4, -0.2) is 26.2 Å². The van der Waals surface area contributed by atoms with Gasteiger partial charge in [0.2, 0.25) is 0 Å². The van der Waals surface area contributed by atoms with E-state index in [1.165, 1.54) is 18.9 Å². The van der Waals surface area contributed by atoms with Crippen molar-refractivity contribution >= 4 is 17.3 Å². The minimum absolute atomic E-state index is 0.217. The van der Waals surface area contributed by atoms with Gasteiger partial charge >= 0.3 is 0 Å². The molecule has 1 aromatic rings. The Morgan fingerprint density at radius 2 is 2.18 bits per heavy atom. The second-order valence-corrected chi connectivity index (χ2v) is 5.63. The SMILES string of the molecule is Fc1ccc(N2CCCC3(CNC3)C2)cc1Cl. The largest absolute Gasteiger partial charge is 0.371 e. The number of benzene rings is 1. The molecule has 17 heavy (non-hydrogen) atoms. The molecule has 1 aromatic carbocycles. The molecule has 0 amide bonds. The third-order valence-electron chi connectivity index (χ3n) is 3.93. The normalized spacial score (nSPS) is 22.6. The van der Waals surface area contributed by atoms with Crippen LogP contribution >= 0.6 is 11.6 Å². The maximum absolute atomic E-state index is 13.1. The molecule has 1 spiro atoms. The minimum Gasteiger partial charge on any atom is -0.371 e. The highest BCUT2D eigenvalue weighted by Gasteiger charge is 2.40. The van der Waals surface area contributed by atoms with Crippen molar-refractivity contribution in [2.24, 2.45) is 5.41 Å². The van der Waals surface area contributed by atoms with Gasteiger partial charge in [0.1, 0.15) is 5.82 Å². The van der Waals surface area contributed by atoms with E-state index in [4.69, 9.17) is 11.6 Å². The minimum atomic E-state index is -0.340. The molecule has 2 heterocycles. The van der Waals surface area contributed by atoms with Gasteiger partial charge in [-0.3, -0.25) is 0 Å². The Balaban J connectivity index is 1.81. The number of rotatable bonds is 1. The average molecular weight is 255 g/mol. The number of nitrogens with zero attached hydrogens (tertiary/aromatic N) is 1. The van der Waals surface area contributed by atoms with Crippen LogP contribution < -0.4 is 10.2 Å². The zero-order valence-electron chi connectivity index (χ0n) is 9.68. The van der Waals surface area contributed by atoms with E-state index >= 15 is 0 Å². The molecule has 0 bridgehead atoms. The zero-order valence-corrected chi connectivity index (χ0v) is 10.4. The van der Waals surface area contributed by atoms with Gasteiger partial charge in [-0.1, -0.05) is 11.6 Å². The van der Waals surface area contributed by atoms with Gasteiger partial charge in [0.05, 0.1) is 5.02 Å². The van der Waals surface area contributed by atoms with E-state index in [2.05, 4.69) is 10.2 Å². The van der Waals surface area contributed by atoms with Crippen LogP contribution in [0.25, 0.3) is 0 Å². The van der Waals surface area contributed by atoms with Crippen molar-refractivity contribution in [3.05, 3.63) is 29.0 Å². The topological polar surface area (TPSA) is 15.3 Å². The highest BCUT2D eigenvalue weighted by molar-refractivity contribution is 6.31. The number of hydrogen-bond donors (Lipinski definition) is 1. The van der Waals surface area contributed by atoms with E-state index < -0.39 is 0 Å². The Hall–Kier alpha value is -0.800. The van der Waals surface area contributed by atoms with Gasteiger partial charge in [-0.15, -0.1) is 0 Å². The summed E-state index contributed by atoms with van der Waals surface area (Å²) in [6.07, 6.45) is 2.50. The maximum atomic E-state index is 13.1. The Morgan fingerprint density at radius 3 is 2.82 bits per heavy atom. The Kier molecular flexibility index (Phi) is 2.75. The molecule has 2 fully saturated rings. The summed E-state index contributed by atoms with van der Waals surface area (Å²) in [5.41, 5.74) is 1.49. The van der Waals surface area contributed by atoms with Gasteiger partial charge < -0.3 is 10.2 Å². The average Bonchev–Trinajstić information content (AvgIpc) is 2.31. The van der Waals surface area contributed by atoms with Gasteiger partial charge in [0, 0.05) is 37.3 Å². The molecule has 1 N–H and O–H groups in total. The van der Waals surface area contributed by atoms with E-state index in [0.29, 0.717) is 5.41 Å². The molecule has 0 aromatic heterocycles. The van der Waals surface area contributed by atoms with Crippen molar-refractivity contribution in [3.63, 3.8) is 0 Å². The second kappa shape index (κ2) is 4.14. The third kappa shape index (κ3) is 2.02. The summed E-state index contributed by atoms with van der Waals surface area (Å²) in [6.45, 7) is 4.32. The quantitative estimate of drug-likeness (QED) is 0.829. The first-order chi connectivity index (χ1) is 8.19. The van der Waals surface area contributed by atoms with Gasteiger partial charge in [0.25, 0.3) is 0 Å². The molecule has 2 aliphatic rings. The Morgan fingerprint density at radius 1 is 1.35 bits per heavy atom. The second-order valence-electron chi connectivity index (χ2n) is 5.23. The maximum Gasteiger partial charge on any atom is 0.141 e. The van der Waals surface area contributed by atoms with Crippen molar-refractivity contribution in [2.45, 2.75) is 12.8 Å². The molecule has 2 nitrogen and oxygen atoms in total. The smallest absolute Gasteiger partial charge is 0.141 e. The molecule has 2 aliphatic heterocycles. The summed E-state index contributed by atoms with van der Waals surface area (Å²) in [4.78, 5) is 2.33. The number of piperidine rings is 1. The number of anilines is 1. The molecule has 0 saturated carbocycles. The van der Waals surface area contributed by atoms with Crippen molar-refractivity contribution in [2.75, 3.05) is 31.1 Å². The fraction of sp³-hybridized carbons (Fsp3) is 0.538. The van der Waals surface area contributed by atoms with Crippen molar-refractivity contribution in [3.8, 4) is 0 Å². The van der Waals surface area contributed by atoms with E-state index in [9.17, 15) is 4.39 Å². The highest BCUT2D eigenvalue weighted by Crippen LogP contribution is 2.36. The lowest BCUT2D eigenvalue weighted by atomic mass is 9.75. The first-order valence-electron chi connectivity index (χ1n) is 6.09. The van der Waals surface area contributed by atoms with Crippen LogP contribution in [0, 0.1) is 11.2 Å². The van der Waals surface area contributed by atoms with Crippen LogP contribution in [0.1, 0.15) is 12.8 Å². The van der Waals surface area contributed by atoms with Crippen LogP contribution in [0.3, 0.4) is 0 Å². The molecule has 0 radical (unpaired) electrons. The summed E-state index contributed by atoms with van der Waals surface area (Å²) in [5, 5.41) is 3.57. The summed E-state index contributed by atoms with van der Waals surface area (Å²) in [6, 6.07) is 5.02. The van der Waals surface area contributed by atoms with Gasteiger partial charge in [-0.2, -0.15) is 0 Å². The van der Waals surface area contributed by atoms with E-state index in [0.717, 1.165) is 31.9 Å². The van der Waals surface area contributed by atoms with Gasteiger partial charge in [0.15, 0.2) is 0 Å². The van der Waals surface area contributed by atoms with Crippen LogP contribution in [0.4, 0.5) is 10.1 Å². The number of hydrogen-bond acceptors (Lipinski definition) is 2. The van der Waals surface area contributed by atoms with Crippen molar-refractivity contribution < 1.29 is 4.39 Å². The predicted molar refractivity (Wildman–Crippen MR) is 68.2 cm³/mol. The molecular formula is C13H16ClFN2. The summed E-state index contributed by atoms with van der Waals surface area (Å²) >= 11 is 5.84. The Labute approximate surface area is 106 Å². The molecule has 0 aliphatic carbocycles. The van der Waals surface area contributed by atoms with Crippen molar-refractivity contribution in [1.29, 1.82) is 0 Å². The molecule has 0 atom stereocenters. The Bertz CT molecular complexity index is 431. The van der Waals surface area contributed by atoms with E-state index in [1.54, 1.807) is 6.07 Å². The fourth-order valence-electron chi connectivity index (χ4n) is 2.88. The van der Waals surface area contributed by atoms with E-state index in [1.807, 2.05) is 6.07 Å². The lowest BCUT2D eigenvalue weighted by molar-refractivity contribution is 0.138. The van der Waals surface area contributed by atoms with Gasteiger partial charge in [-0.25, -0.2) is 4.39 Å². The molecular weight excluding hydrogens is 239 g/mol. The zero-order chi connectivity index (χ0) is 11.9. The monoisotopic (exact) mass is 254 g/mol. The lowest BCUT2D eigenvalue weighted by Gasteiger charge is -2.50. The summed E-state index contributed by atoms with van der Waals surface area (Å²) in [5.74, 6) is -0.340. The molecule has 3 rings (SSSR count). The fourth-order valence-corrected chi connectivity index (χ4v) is 3.05. The third-order valence-corrected chi connectivity index (χ3v) is 4.22. The molecule has 2 saturated heterocycles. The lowest BCUT2D eigenvalue weighted by Crippen LogP contribution is -2.61. The first-order valence-corrected chi connectivity index (χ1v) is 6.47. The van der Waals surface area contributed by atoms with Crippen LogP contribution in [-0.2, 0) is 0 Å². The first kappa shape index (κ1) is 11.3. The van der Waals surface area contributed by atoms with Gasteiger partial charge in [-0.05, 0) is 31.0 Å².